The van der Waals surface area contributed by atoms with Crippen molar-refractivity contribution < 1.29 is 21.9 Å². The van der Waals surface area contributed by atoms with E-state index in [1.54, 1.807) is 0 Å². The van der Waals surface area contributed by atoms with Crippen LogP contribution in [0, 0.1) is 46.3 Å². The first-order valence-electron chi connectivity index (χ1n) is 13.2. The molecule has 3 saturated carbocycles. The van der Waals surface area contributed by atoms with Gasteiger partial charge in [-0.1, -0.05) is 59.5 Å². The van der Waals surface area contributed by atoms with Crippen molar-refractivity contribution in [3.63, 3.8) is 0 Å². The van der Waals surface area contributed by atoms with Crippen LogP contribution in [-0.2, 0) is 19.4 Å². The van der Waals surface area contributed by atoms with Gasteiger partial charge in [-0.05, 0) is 91.4 Å². The summed E-state index contributed by atoms with van der Waals surface area (Å²) < 4.78 is 38.1. The molecule has 0 spiro atoms. The molecule has 188 valence electrons. The van der Waals surface area contributed by atoms with Crippen molar-refractivity contribution in [3.05, 3.63) is 11.6 Å². The summed E-state index contributed by atoms with van der Waals surface area (Å²) in [7, 11) is -4.73. The molecule has 0 N–H and O–H groups in total. The molecule has 4 aliphatic rings. The van der Waals surface area contributed by atoms with Crippen molar-refractivity contribution in [1.82, 2.24) is 0 Å². The Morgan fingerprint density at radius 3 is 2.45 bits per heavy atom. The summed E-state index contributed by atoms with van der Waals surface area (Å²) >= 11 is 0. The predicted molar refractivity (Wildman–Crippen MR) is 128 cm³/mol. The van der Waals surface area contributed by atoms with E-state index in [9.17, 15) is 17.8 Å². The monoisotopic (exact) mass is 479 g/mol. The second kappa shape index (κ2) is 9.05. The summed E-state index contributed by atoms with van der Waals surface area (Å²) in [5.74, 6) is 3.27. The lowest BCUT2D eigenvalue weighted by Crippen LogP contribution is -2.53. The first kappa shape index (κ1) is 25.4. The molecule has 0 amide bonds. The molecule has 0 radical (unpaired) electrons. The normalized spacial score (nSPS) is 41.8. The maximum Gasteiger partial charge on any atom is 0.217 e. The van der Waals surface area contributed by atoms with Gasteiger partial charge in [0.25, 0.3) is 0 Å². The first-order valence-corrected chi connectivity index (χ1v) is 14.6. The van der Waals surface area contributed by atoms with E-state index in [0.29, 0.717) is 36.5 Å². The van der Waals surface area contributed by atoms with Gasteiger partial charge in [-0.3, -0.25) is 8.98 Å². The Bertz CT molecular complexity index is 892. The lowest BCUT2D eigenvalue weighted by Gasteiger charge is -2.57. The fourth-order valence-electron chi connectivity index (χ4n) is 8.64. The predicted octanol–water partition coefficient (Wildman–Crippen LogP) is 6.05. The molecule has 0 aliphatic heterocycles. The molecule has 3 fully saturated rings. The summed E-state index contributed by atoms with van der Waals surface area (Å²) in [5, 5.41) is 0. The summed E-state index contributed by atoms with van der Waals surface area (Å²) in [5.41, 5.74) is 1.16. The van der Waals surface area contributed by atoms with Crippen LogP contribution in [0.4, 0.5) is 0 Å². The molecule has 4 aliphatic carbocycles. The standard InChI is InChI=1S/C27H44O5S/c1-17(2)7-6-8-18(3)21-9-10-22-25-23(12-14-27(21,22)5)26(4)13-11-20(32-33(29,30)31)15-19(26)16-24(25)28/h16-18,20-23,25H,6-15H2,1-5H3,(H,29,30,31)/p-1/t18-,20+,21-,22?,23?,25?,26+,27-/m1/s1. The number of ketones is 1. The van der Waals surface area contributed by atoms with Crippen LogP contribution >= 0.6 is 0 Å². The number of rotatable bonds is 7. The maximum absolute atomic E-state index is 13.5. The van der Waals surface area contributed by atoms with Crippen LogP contribution in [0.2, 0.25) is 0 Å². The largest absolute Gasteiger partial charge is 0.726 e. The topological polar surface area (TPSA) is 83.5 Å². The highest BCUT2D eigenvalue weighted by Crippen LogP contribution is 2.66. The van der Waals surface area contributed by atoms with Crippen molar-refractivity contribution in [2.45, 2.75) is 105 Å². The zero-order chi connectivity index (χ0) is 24.2. The van der Waals surface area contributed by atoms with E-state index >= 15 is 0 Å². The van der Waals surface area contributed by atoms with Crippen LogP contribution in [0.15, 0.2) is 11.6 Å². The summed E-state index contributed by atoms with van der Waals surface area (Å²) in [6.07, 6.45) is 11.4. The van der Waals surface area contributed by atoms with Gasteiger partial charge in [-0.15, -0.1) is 0 Å². The molecule has 6 heteroatoms. The number of fused-ring (bicyclic) bond motifs is 5. The minimum absolute atomic E-state index is 0.0890. The van der Waals surface area contributed by atoms with Gasteiger partial charge in [0.15, 0.2) is 5.78 Å². The molecule has 33 heavy (non-hydrogen) atoms. The molecule has 0 aromatic heterocycles. The van der Waals surface area contributed by atoms with Crippen LogP contribution in [0.1, 0.15) is 98.8 Å². The molecular formula is C27H43O5S-. The summed E-state index contributed by atoms with van der Waals surface area (Å²) in [4.78, 5) is 13.5. The van der Waals surface area contributed by atoms with E-state index in [2.05, 4.69) is 34.6 Å². The lowest BCUT2D eigenvalue weighted by molar-refractivity contribution is -0.135. The van der Waals surface area contributed by atoms with Gasteiger partial charge in [-0.25, -0.2) is 8.42 Å². The van der Waals surface area contributed by atoms with Gasteiger partial charge in [0.05, 0.1) is 6.10 Å². The number of hydrogen-bond acceptors (Lipinski definition) is 5. The fraction of sp³-hybridized carbons (Fsp3) is 0.889. The van der Waals surface area contributed by atoms with Crippen LogP contribution in [0.5, 0.6) is 0 Å². The van der Waals surface area contributed by atoms with Crippen molar-refractivity contribution in [3.8, 4) is 0 Å². The average Bonchev–Trinajstić information content (AvgIpc) is 3.05. The third kappa shape index (κ3) is 4.73. The molecule has 5 nitrogen and oxygen atoms in total. The Labute approximate surface area is 201 Å². The van der Waals surface area contributed by atoms with Gasteiger partial charge in [0.2, 0.25) is 10.4 Å². The average molecular weight is 480 g/mol. The molecule has 4 rings (SSSR count). The second-order valence-corrected chi connectivity index (χ2v) is 13.6. The smallest absolute Gasteiger partial charge is 0.217 e. The van der Waals surface area contributed by atoms with Gasteiger partial charge in [0, 0.05) is 5.92 Å². The van der Waals surface area contributed by atoms with E-state index in [1.165, 1.54) is 32.1 Å². The second-order valence-electron chi connectivity index (χ2n) is 12.6. The highest BCUT2D eigenvalue weighted by Gasteiger charge is 2.61. The van der Waals surface area contributed by atoms with Crippen molar-refractivity contribution >= 4 is 16.2 Å². The number of allylic oxidation sites excluding steroid dienone is 1. The number of hydrogen-bond donors (Lipinski definition) is 0. The van der Waals surface area contributed by atoms with E-state index < -0.39 is 16.5 Å². The minimum atomic E-state index is -4.73. The Morgan fingerprint density at radius 1 is 1.06 bits per heavy atom. The van der Waals surface area contributed by atoms with Crippen LogP contribution < -0.4 is 0 Å². The maximum atomic E-state index is 13.5. The zero-order valence-corrected chi connectivity index (χ0v) is 22.0. The summed E-state index contributed by atoms with van der Waals surface area (Å²) in [6, 6.07) is 0. The van der Waals surface area contributed by atoms with Crippen molar-refractivity contribution in [1.29, 1.82) is 0 Å². The molecule has 8 atom stereocenters. The van der Waals surface area contributed by atoms with Crippen LogP contribution in [0.25, 0.3) is 0 Å². The van der Waals surface area contributed by atoms with E-state index in [1.807, 2.05) is 6.08 Å². The minimum Gasteiger partial charge on any atom is -0.726 e. The van der Waals surface area contributed by atoms with Gasteiger partial charge in [-0.2, -0.15) is 0 Å². The van der Waals surface area contributed by atoms with Gasteiger partial charge in [0.1, 0.15) is 0 Å². The summed E-state index contributed by atoms with van der Waals surface area (Å²) in [6.45, 7) is 11.8. The Hall–Kier alpha value is -0.720. The highest BCUT2D eigenvalue weighted by atomic mass is 32.3. The highest BCUT2D eigenvalue weighted by molar-refractivity contribution is 7.80. The van der Waals surface area contributed by atoms with E-state index in [4.69, 9.17) is 4.18 Å². The number of carbonyl (C=O) groups excluding carboxylic acids is 1. The SMILES string of the molecule is CC(C)CCC[C@@H](C)[C@H]1CCC2C3C(=O)C=C4C[C@@H](OS(=O)(=O)[O-])CC[C@]4(C)C3CC[C@@]21C. The Balaban J connectivity index is 1.52. The van der Waals surface area contributed by atoms with Gasteiger partial charge >= 0.3 is 0 Å². The van der Waals surface area contributed by atoms with Gasteiger partial charge < -0.3 is 4.55 Å². The molecule has 0 aromatic rings. The molecule has 0 saturated heterocycles. The quantitative estimate of drug-likeness (QED) is 0.328. The van der Waals surface area contributed by atoms with E-state index in [-0.39, 0.29) is 22.5 Å². The lowest BCUT2D eigenvalue weighted by atomic mass is 9.46. The molecular weight excluding hydrogens is 436 g/mol. The van der Waals surface area contributed by atoms with Crippen LogP contribution in [0.3, 0.4) is 0 Å². The van der Waals surface area contributed by atoms with E-state index in [0.717, 1.165) is 30.8 Å². The van der Waals surface area contributed by atoms with Crippen molar-refractivity contribution in [2.24, 2.45) is 46.3 Å². The third-order valence-electron chi connectivity index (χ3n) is 10.4. The van der Waals surface area contributed by atoms with Crippen molar-refractivity contribution in [2.75, 3.05) is 0 Å². The molecule has 0 aromatic carbocycles. The zero-order valence-electron chi connectivity index (χ0n) is 21.1. The molecule has 0 heterocycles. The number of carbonyl (C=O) groups is 1. The fourth-order valence-corrected chi connectivity index (χ4v) is 9.14. The Kier molecular flexibility index (Phi) is 6.96. The third-order valence-corrected chi connectivity index (χ3v) is 10.9. The Morgan fingerprint density at radius 2 is 1.79 bits per heavy atom. The van der Waals surface area contributed by atoms with Crippen LogP contribution in [-0.4, -0.2) is 24.9 Å². The first-order chi connectivity index (χ1) is 15.3. The molecule has 3 unspecified atom stereocenters. The molecule has 0 bridgehead atoms.